The van der Waals surface area contributed by atoms with Crippen LogP contribution in [0.3, 0.4) is 0 Å². The van der Waals surface area contributed by atoms with Crippen LogP contribution in [0.1, 0.15) is 50.2 Å². The molecular formula is C29H32F3NO13. The third-order valence-electron chi connectivity index (χ3n) is 8.55. The first-order valence-corrected chi connectivity index (χ1v) is 14.2. The van der Waals surface area contributed by atoms with Crippen LogP contribution < -0.4 is 4.74 Å². The molecule has 1 aromatic carbocycles. The molecule has 2 bridgehead atoms. The van der Waals surface area contributed by atoms with E-state index in [0.29, 0.717) is 24.9 Å². The number of piperidine rings is 1. The van der Waals surface area contributed by atoms with Gasteiger partial charge in [0.1, 0.15) is 5.76 Å². The Morgan fingerprint density at radius 2 is 1.80 bits per heavy atom. The number of hydrogen-bond acceptors (Lipinski definition) is 12. The fourth-order valence-corrected chi connectivity index (χ4v) is 6.59. The first-order valence-electron chi connectivity index (χ1n) is 14.2. The average molecular weight is 660 g/mol. The van der Waals surface area contributed by atoms with E-state index in [-0.39, 0.29) is 36.3 Å². The zero-order valence-electron chi connectivity index (χ0n) is 24.7. The molecule has 4 aliphatic rings. The third kappa shape index (κ3) is 6.20. The van der Waals surface area contributed by atoms with Gasteiger partial charge in [0, 0.05) is 18.0 Å². The number of phenolic OH excluding ortho intramolecular Hbond substituents is 1. The summed E-state index contributed by atoms with van der Waals surface area (Å²) in [5, 5.41) is 38.8. The number of aliphatic carboxylic acids is 2. The Morgan fingerprint density at radius 3 is 2.41 bits per heavy atom. The van der Waals surface area contributed by atoms with Gasteiger partial charge in [-0.3, -0.25) is 14.4 Å². The number of phenols is 1. The number of benzene rings is 1. The van der Waals surface area contributed by atoms with Crippen molar-refractivity contribution in [3.63, 3.8) is 0 Å². The van der Waals surface area contributed by atoms with E-state index in [2.05, 4.69) is 4.90 Å². The largest absolute Gasteiger partial charge is 0.504 e. The van der Waals surface area contributed by atoms with E-state index >= 15 is 0 Å². The summed E-state index contributed by atoms with van der Waals surface area (Å²) in [6, 6.07) is 3.13. The Hall–Kier alpha value is -4.38. The number of halogens is 3. The van der Waals surface area contributed by atoms with Crippen LogP contribution >= 0.6 is 0 Å². The average Bonchev–Trinajstić information content (AvgIpc) is 3.32. The summed E-state index contributed by atoms with van der Waals surface area (Å²) in [5.74, 6) is -6.61. The topological polar surface area (TPSA) is 206 Å². The van der Waals surface area contributed by atoms with E-state index in [4.69, 9.17) is 34.0 Å². The SMILES string of the molecule is CCOC(=O)C[C@H](OC(=O)CCC(=O)O)C(=O)OC1=CC[C@@]2(O)[C@H]3Cc4ccc(O)c5c4[C@@]2(CCN3C)[C@H]1O5.O=C(O)C(F)(F)F. The van der Waals surface area contributed by atoms with Crippen LogP contribution in [0.25, 0.3) is 0 Å². The van der Waals surface area contributed by atoms with Gasteiger partial charge in [-0.2, -0.15) is 13.2 Å². The Labute approximate surface area is 259 Å². The van der Waals surface area contributed by atoms with Gasteiger partial charge in [-0.05, 0) is 51.1 Å². The van der Waals surface area contributed by atoms with Crippen molar-refractivity contribution in [3.8, 4) is 11.5 Å². The molecule has 1 saturated heterocycles. The van der Waals surface area contributed by atoms with E-state index in [9.17, 15) is 42.6 Å². The second-order valence-electron chi connectivity index (χ2n) is 11.2. The Bertz CT molecular complexity index is 1460. The fourth-order valence-electron chi connectivity index (χ4n) is 6.59. The van der Waals surface area contributed by atoms with Crippen molar-refractivity contribution in [2.24, 2.45) is 0 Å². The quantitative estimate of drug-likeness (QED) is 0.219. The molecule has 1 fully saturated rings. The Kier molecular flexibility index (Phi) is 9.59. The van der Waals surface area contributed by atoms with Crippen LogP contribution in [-0.4, -0.2) is 105 Å². The second kappa shape index (κ2) is 12.8. The Balaban J connectivity index is 0.000000617. The number of likely N-dealkylation sites (tertiary alicyclic amines) is 1. The first-order chi connectivity index (χ1) is 21.5. The summed E-state index contributed by atoms with van der Waals surface area (Å²) in [5.41, 5.74) is -0.610. The number of esters is 3. The maximum atomic E-state index is 13.3. The number of aromatic hydroxyl groups is 1. The van der Waals surface area contributed by atoms with Crippen molar-refractivity contribution in [2.45, 2.75) is 80.9 Å². The number of likely N-dealkylation sites (N-methyl/N-ethyl adjacent to an activating group) is 1. The highest BCUT2D eigenvalue weighted by Crippen LogP contribution is 2.65. The second-order valence-corrected chi connectivity index (χ2v) is 11.2. The van der Waals surface area contributed by atoms with Crippen LogP contribution in [0.2, 0.25) is 0 Å². The molecule has 1 aromatic rings. The lowest BCUT2D eigenvalue weighted by atomic mass is 9.50. The molecule has 0 saturated carbocycles. The molecule has 5 atom stereocenters. The number of carboxylic acid groups (broad SMARTS) is 2. The van der Waals surface area contributed by atoms with Gasteiger partial charge in [-0.1, -0.05) is 6.07 Å². The van der Waals surface area contributed by atoms with E-state index in [1.54, 1.807) is 19.1 Å². The van der Waals surface area contributed by atoms with Gasteiger partial charge in [0.05, 0.1) is 36.9 Å². The lowest BCUT2D eigenvalue weighted by Crippen LogP contribution is -2.74. The van der Waals surface area contributed by atoms with Crippen LogP contribution in [0.5, 0.6) is 11.5 Å². The van der Waals surface area contributed by atoms with Crippen molar-refractivity contribution in [1.82, 2.24) is 4.90 Å². The highest BCUT2D eigenvalue weighted by atomic mass is 19.4. The van der Waals surface area contributed by atoms with Crippen molar-refractivity contribution in [3.05, 3.63) is 35.1 Å². The molecule has 0 radical (unpaired) electrons. The number of hydrogen-bond donors (Lipinski definition) is 4. The maximum Gasteiger partial charge on any atom is 0.490 e. The summed E-state index contributed by atoms with van der Waals surface area (Å²) in [6.07, 6.45) is -6.63. The minimum absolute atomic E-state index is 0.0371. The zero-order chi connectivity index (χ0) is 34.2. The van der Waals surface area contributed by atoms with Gasteiger partial charge >= 0.3 is 36.0 Å². The molecule has 17 heteroatoms. The summed E-state index contributed by atoms with van der Waals surface area (Å²) in [6.45, 7) is 2.25. The fraction of sp³-hybridized carbons (Fsp3) is 0.552. The number of carbonyl (C=O) groups excluding carboxylic acids is 3. The van der Waals surface area contributed by atoms with Gasteiger partial charge in [0.2, 0.25) is 6.10 Å². The molecule has 46 heavy (non-hydrogen) atoms. The number of carbonyl (C=O) groups is 5. The molecule has 0 amide bonds. The van der Waals surface area contributed by atoms with Crippen molar-refractivity contribution in [2.75, 3.05) is 20.2 Å². The molecule has 2 aliphatic heterocycles. The van der Waals surface area contributed by atoms with E-state index < -0.39 is 78.5 Å². The molecule has 252 valence electrons. The van der Waals surface area contributed by atoms with Gasteiger partial charge in [0.25, 0.3) is 0 Å². The predicted molar refractivity (Wildman–Crippen MR) is 144 cm³/mol. The number of nitrogens with zero attached hydrogens (tertiary/aromatic N) is 1. The molecule has 0 unspecified atom stereocenters. The number of carboxylic acids is 2. The minimum Gasteiger partial charge on any atom is -0.504 e. The van der Waals surface area contributed by atoms with E-state index in [1.807, 2.05) is 13.1 Å². The van der Waals surface area contributed by atoms with Gasteiger partial charge in [-0.25, -0.2) is 9.59 Å². The van der Waals surface area contributed by atoms with Gasteiger partial charge in [0.15, 0.2) is 17.6 Å². The molecular weight excluding hydrogens is 627 g/mol. The monoisotopic (exact) mass is 659 g/mol. The molecule has 4 N–H and O–H groups in total. The molecule has 0 aromatic heterocycles. The summed E-state index contributed by atoms with van der Waals surface area (Å²) in [4.78, 5) is 59.5. The first kappa shape index (κ1) is 34.5. The lowest BCUT2D eigenvalue weighted by molar-refractivity contribution is -0.192. The highest BCUT2D eigenvalue weighted by Gasteiger charge is 2.72. The van der Waals surface area contributed by atoms with E-state index in [1.165, 1.54) is 0 Å². The smallest absolute Gasteiger partial charge is 0.490 e. The number of ether oxygens (including phenoxy) is 4. The highest BCUT2D eigenvalue weighted by molar-refractivity contribution is 5.86. The normalized spacial score (nSPS) is 26.2. The van der Waals surface area contributed by atoms with Crippen LogP contribution in [0.15, 0.2) is 24.0 Å². The van der Waals surface area contributed by atoms with Crippen LogP contribution in [-0.2, 0) is 50.0 Å². The summed E-state index contributed by atoms with van der Waals surface area (Å²) in [7, 11) is 1.95. The van der Waals surface area contributed by atoms with E-state index in [0.717, 1.165) is 5.56 Å². The third-order valence-corrected chi connectivity index (χ3v) is 8.55. The van der Waals surface area contributed by atoms with Gasteiger partial charge < -0.3 is 44.3 Å². The standard InChI is InChI=1S/C27H31NO11.C2HF3O2/c1-3-36-21(33)13-17(37-20(32)7-6-19(30)31)25(34)38-16-8-9-27(35)18-12-14-4-5-15(29)23-22(14)26(27,24(16)39-23)10-11-28(18)2;3-2(4,5)1(6)7/h4-5,8,17-18,24,29,35H,3,6-7,9-13H2,1-2H3,(H,30,31);(H,6,7)/t17-,18+,24-,26-,27+;/m0./s1. The molecule has 14 nitrogen and oxygen atoms in total. The summed E-state index contributed by atoms with van der Waals surface area (Å²) < 4.78 is 53.7. The molecule has 2 heterocycles. The van der Waals surface area contributed by atoms with Crippen LogP contribution in [0.4, 0.5) is 13.2 Å². The van der Waals surface area contributed by atoms with Crippen molar-refractivity contribution < 1.29 is 76.5 Å². The number of aliphatic hydroxyl groups is 1. The lowest BCUT2D eigenvalue weighted by Gasteiger charge is -2.61. The number of rotatable bonds is 9. The summed E-state index contributed by atoms with van der Waals surface area (Å²) >= 11 is 0. The van der Waals surface area contributed by atoms with Crippen molar-refractivity contribution >= 4 is 29.8 Å². The van der Waals surface area contributed by atoms with Gasteiger partial charge in [-0.15, -0.1) is 0 Å². The van der Waals surface area contributed by atoms with Crippen LogP contribution in [0, 0.1) is 0 Å². The molecule has 5 rings (SSSR count). The maximum absolute atomic E-state index is 13.3. The zero-order valence-corrected chi connectivity index (χ0v) is 24.7. The predicted octanol–water partition coefficient (Wildman–Crippen LogP) is 1.58. The number of alkyl halides is 3. The Morgan fingerprint density at radius 1 is 1.13 bits per heavy atom. The van der Waals surface area contributed by atoms with Crippen molar-refractivity contribution in [1.29, 1.82) is 0 Å². The molecule has 2 aliphatic carbocycles. The molecule has 1 spiro atoms. The minimum atomic E-state index is -5.08.